The molecule has 0 heterocycles. The quantitative estimate of drug-likeness (QED) is 0.458. The van der Waals surface area contributed by atoms with Gasteiger partial charge in [-0.3, -0.25) is 11.3 Å². The topological polar surface area (TPSA) is 38.0 Å². The van der Waals surface area contributed by atoms with Gasteiger partial charge >= 0.3 is 0 Å². The Kier molecular flexibility index (Phi) is 6.17. The Morgan fingerprint density at radius 2 is 1.90 bits per heavy atom. The van der Waals surface area contributed by atoms with Crippen LogP contribution in [0.2, 0.25) is 0 Å². The van der Waals surface area contributed by atoms with E-state index in [2.05, 4.69) is 21.4 Å². The number of benzene rings is 2. The Hall–Kier alpha value is -0.950. The lowest BCUT2D eigenvalue weighted by Gasteiger charge is -2.16. The summed E-state index contributed by atoms with van der Waals surface area (Å²) >= 11 is 4.87. The molecule has 0 bridgehead atoms. The average Bonchev–Trinajstić information content (AvgIpc) is 2.45. The van der Waals surface area contributed by atoms with Crippen molar-refractivity contribution in [1.82, 2.24) is 5.43 Å². The molecule has 0 aromatic heterocycles. The maximum Gasteiger partial charge on any atom is 0.124 e. The molecule has 2 rings (SSSR count). The molecule has 0 amide bonds. The first kappa shape index (κ1) is 16.4. The number of halogens is 3. The monoisotopic (exact) mass is 372 g/mol. The van der Waals surface area contributed by atoms with Gasteiger partial charge in [-0.2, -0.15) is 0 Å². The summed E-state index contributed by atoms with van der Waals surface area (Å²) in [5, 5.41) is 0. The van der Waals surface area contributed by atoms with Crippen LogP contribution in [-0.2, 0) is 6.42 Å². The molecule has 2 aromatic carbocycles. The van der Waals surface area contributed by atoms with Gasteiger partial charge in [0.25, 0.3) is 0 Å². The van der Waals surface area contributed by atoms with Crippen LogP contribution >= 0.6 is 27.7 Å². The molecule has 0 aliphatic rings. The summed E-state index contributed by atoms with van der Waals surface area (Å²) in [6.45, 7) is 0. The number of hydrogen-bond acceptors (Lipinski definition) is 3. The Morgan fingerprint density at radius 1 is 1.14 bits per heavy atom. The third kappa shape index (κ3) is 5.07. The largest absolute Gasteiger partial charge is 0.271 e. The number of hydrazine groups is 1. The summed E-state index contributed by atoms with van der Waals surface area (Å²) in [5.74, 6) is 5.72. The zero-order chi connectivity index (χ0) is 15.2. The Balaban J connectivity index is 1.97. The smallest absolute Gasteiger partial charge is 0.124 e. The standard InChI is InChI=1S/C15H15BrF2N2S/c16-15-8-12(18)5-4-10(15)6-13(20-19)9-21-14-3-1-2-11(17)7-14/h1-5,7-8,13,20H,6,9,19H2. The summed E-state index contributed by atoms with van der Waals surface area (Å²) in [5.41, 5.74) is 3.72. The molecule has 0 radical (unpaired) electrons. The zero-order valence-electron chi connectivity index (χ0n) is 11.2. The minimum absolute atomic E-state index is 0.0000265. The Morgan fingerprint density at radius 3 is 2.57 bits per heavy atom. The number of nitrogens with one attached hydrogen (secondary N) is 1. The Bertz CT molecular complexity index is 610. The van der Waals surface area contributed by atoms with Crippen LogP contribution in [0.25, 0.3) is 0 Å². The van der Waals surface area contributed by atoms with E-state index in [9.17, 15) is 8.78 Å². The third-order valence-electron chi connectivity index (χ3n) is 2.96. The third-order valence-corrected chi connectivity index (χ3v) is 4.86. The minimum Gasteiger partial charge on any atom is -0.271 e. The highest BCUT2D eigenvalue weighted by molar-refractivity contribution is 9.10. The molecule has 0 spiro atoms. The van der Waals surface area contributed by atoms with Gasteiger partial charge in [0.2, 0.25) is 0 Å². The van der Waals surface area contributed by atoms with Crippen LogP contribution in [0.4, 0.5) is 8.78 Å². The molecule has 6 heteroatoms. The molecule has 21 heavy (non-hydrogen) atoms. The average molecular weight is 373 g/mol. The molecule has 1 unspecified atom stereocenters. The number of rotatable bonds is 6. The van der Waals surface area contributed by atoms with E-state index in [1.54, 1.807) is 12.1 Å². The van der Waals surface area contributed by atoms with E-state index in [0.717, 1.165) is 14.9 Å². The van der Waals surface area contributed by atoms with Crippen molar-refractivity contribution in [2.45, 2.75) is 17.4 Å². The van der Waals surface area contributed by atoms with Gasteiger partial charge in [-0.05, 0) is 42.3 Å². The number of hydrogen-bond donors (Lipinski definition) is 2. The molecule has 112 valence electrons. The normalized spacial score (nSPS) is 12.4. The minimum atomic E-state index is -0.281. The molecule has 1 atom stereocenters. The number of nitrogens with two attached hydrogens (primary N) is 1. The van der Waals surface area contributed by atoms with Crippen molar-refractivity contribution in [3.63, 3.8) is 0 Å². The highest BCUT2D eigenvalue weighted by Crippen LogP contribution is 2.23. The van der Waals surface area contributed by atoms with Gasteiger partial charge in [0.05, 0.1) is 0 Å². The van der Waals surface area contributed by atoms with Crippen molar-refractivity contribution in [3.8, 4) is 0 Å². The molecule has 0 fully saturated rings. The van der Waals surface area contributed by atoms with E-state index in [0.29, 0.717) is 12.2 Å². The van der Waals surface area contributed by atoms with E-state index < -0.39 is 0 Å². The van der Waals surface area contributed by atoms with Crippen molar-refractivity contribution in [2.24, 2.45) is 5.84 Å². The lowest BCUT2D eigenvalue weighted by Crippen LogP contribution is -2.38. The van der Waals surface area contributed by atoms with Gasteiger partial charge in [0.15, 0.2) is 0 Å². The van der Waals surface area contributed by atoms with E-state index >= 15 is 0 Å². The first-order valence-electron chi connectivity index (χ1n) is 6.37. The summed E-state index contributed by atoms with van der Waals surface area (Å²) in [7, 11) is 0. The second kappa shape index (κ2) is 7.89. The predicted molar refractivity (Wildman–Crippen MR) is 86.0 cm³/mol. The first-order valence-corrected chi connectivity index (χ1v) is 8.15. The van der Waals surface area contributed by atoms with Crippen molar-refractivity contribution < 1.29 is 8.78 Å². The van der Waals surface area contributed by atoms with Crippen LogP contribution in [0.15, 0.2) is 51.8 Å². The molecule has 0 saturated heterocycles. The second-order valence-corrected chi connectivity index (χ2v) is 6.52. The van der Waals surface area contributed by atoms with Crippen molar-refractivity contribution in [2.75, 3.05) is 5.75 Å². The fraction of sp³-hybridized carbons (Fsp3) is 0.200. The van der Waals surface area contributed by atoms with Gasteiger partial charge in [-0.1, -0.05) is 28.1 Å². The fourth-order valence-corrected chi connectivity index (χ4v) is 3.36. The van der Waals surface area contributed by atoms with E-state index in [1.165, 1.54) is 36.0 Å². The van der Waals surface area contributed by atoms with Crippen molar-refractivity contribution in [3.05, 3.63) is 64.1 Å². The first-order chi connectivity index (χ1) is 10.1. The fourth-order valence-electron chi connectivity index (χ4n) is 1.87. The highest BCUT2D eigenvalue weighted by atomic mass is 79.9. The Labute approximate surface area is 135 Å². The lowest BCUT2D eigenvalue weighted by molar-refractivity contribution is 0.572. The van der Waals surface area contributed by atoms with E-state index in [4.69, 9.17) is 5.84 Å². The van der Waals surface area contributed by atoms with Crippen LogP contribution < -0.4 is 11.3 Å². The van der Waals surface area contributed by atoms with Crippen LogP contribution in [0, 0.1) is 11.6 Å². The molecule has 0 aliphatic carbocycles. The van der Waals surface area contributed by atoms with Gasteiger partial charge in [0.1, 0.15) is 11.6 Å². The molecule has 2 nitrogen and oxygen atoms in total. The van der Waals surface area contributed by atoms with Gasteiger partial charge in [-0.25, -0.2) is 8.78 Å². The van der Waals surface area contributed by atoms with Crippen LogP contribution in [-0.4, -0.2) is 11.8 Å². The van der Waals surface area contributed by atoms with Crippen LogP contribution in [0.1, 0.15) is 5.56 Å². The summed E-state index contributed by atoms with van der Waals surface area (Å²) in [6.07, 6.45) is 0.652. The van der Waals surface area contributed by atoms with Crippen LogP contribution in [0.3, 0.4) is 0 Å². The van der Waals surface area contributed by atoms with Crippen molar-refractivity contribution >= 4 is 27.7 Å². The van der Waals surface area contributed by atoms with Crippen LogP contribution in [0.5, 0.6) is 0 Å². The van der Waals surface area contributed by atoms with Gasteiger partial charge < -0.3 is 0 Å². The summed E-state index contributed by atoms with van der Waals surface area (Å²) in [6, 6.07) is 11.0. The molecule has 2 aromatic rings. The van der Waals surface area contributed by atoms with E-state index in [-0.39, 0.29) is 17.7 Å². The summed E-state index contributed by atoms with van der Waals surface area (Å²) in [4.78, 5) is 0.855. The molecular formula is C15H15BrF2N2S. The maximum absolute atomic E-state index is 13.1. The van der Waals surface area contributed by atoms with Crippen molar-refractivity contribution in [1.29, 1.82) is 0 Å². The lowest BCUT2D eigenvalue weighted by atomic mass is 10.1. The summed E-state index contributed by atoms with van der Waals surface area (Å²) < 4.78 is 26.9. The molecule has 0 saturated carbocycles. The van der Waals surface area contributed by atoms with E-state index in [1.807, 2.05) is 6.07 Å². The van der Waals surface area contributed by atoms with Gasteiger partial charge in [0, 0.05) is 21.2 Å². The zero-order valence-corrected chi connectivity index (χ0v) is 13.6. The number of thioether (sulfide) groups is 1. The molecule has 3 N–H and O–H groups in total. The molecular weight excluding hydrogens is 358 g/mol. The molecule has 0 aliphatic heterocycles. The van der Waals surface area contributed by atoms with Gasteiger partial charge in [-0.15, -0.1) is 11.8 Å². The highest BCUT2D eigenvalue weighted by Gasteiger charge is 2.11. The second-order valence-electron chi connectivity index (χ2n) is 4.57. The predicted octanol–water partition coefficient (Wildman–Crippen LogP) is 3.89. The SMILES string of the molecule is NNC(CSc1cccc(F)c1)Cc1ccc(F)cc1Br. The maximum atomic E-state index is 13.1.